The van der Waals surface area contributed by atoms with E-state index in [1.165, 1.54) is 0 Å². The van der Waals surface area contributed by atoms with E-state index in [4.69, 9.17) is 4.42 Å². The average Bonchev–Trinajstić information content (AvgIpc) is 3.34. The molecule has 0 fully saturated rings. The summed E-state index contributed by atoms with van der Waals surface area (Å²) in [4.78, 5) is 4.31. The van der Waals surface area contributed by atoms with Crippen LogP contribution in [0.25, 0.3) is 16.6 Å². The molecule has 4 aromatic rings. The van der Waals surface area contributed by atoms with Gasteiger partial charge in [0.2, 0.25) is 0 Å². The Bertz CT molecular complexity index is 1060. The number of aryl methyl sites for hydroxylation is 1. The summed E-state index contributed by atoms with van der Waals surface area (Å²) in [5.41, 5.74) is 1.78. The Balaban J connectivity index is 1.29. The quantitative estimate of drug-likeness (QED) is 0.306. The SMILES string of the molecule is CN=C(NCCCc1nnc2ccccn12)NC(C)c1cc2ccccc2o1. The van der Waals surface area contributed by atoms with Gasteiger partial charge in [-0.15, -0.1) is 10.2 Å². The smallest absolute Gasteiger partial charge is 0.191 e. The maximum atomic E-state index is 5.93. The van der Waals surface area contributed by atoms with Crippen LogP contribution in [0.4, 0.5) is 0 Å². The zero-order valence-electron chi connectivity index (χ0n) is 16.1. The van der Waals surface area contributed by atoms with E-state index in [1.54, 1.807) is 7.05 Å². The van der Waals surface area contributed by atoms with E-state index >= 15 is 0 Å². The first-order chi connectivity index (χ1) is 13.7. The molecule has 1 aromatic carbocycles. The highest BCUT2D eigenvalue weighted by Crippen LogP contribution is 2.23. The Morgan fingerprint density at radius 1 is 1.18 bits per heavy atom. The molecule has 0 aliphatic carbocycles. The first-order valence-corrected chi connectivity index (χ1v) is 9.49. The molecule has 4 rings (SSSR count). The molecule has 3 aromatic heterocycles. The van der Waals surface area contributed by atoms with Crippen molar-refractivity contribution in [2.45, 2.75) is 25.8 Å². The summed E-state index contributed by atoms with van der Waals surface area (Å²) in [5, 5.41) is 16.3. The average molecular weight is 376 g/mol. The minimum Gasteiger partial charge on any atom is -0.459 e. The van der Waals surface area contributed by atoms with E-state index < -0.39 is 0 Å². The van der Waals surface area contributed by atoms with Crippen molar-refractivity contribution in [3.05, 3.63) is 66.3 Å². The molecule has 0 aliphatic rings. The molecule has 0 radical (unpaired) electrons. The summed E-state index contributed by atoms with van der Waals surface area (Å²) < 4.78 is 7.95. The molecule has 1 atom stereocenters. The van der Waals surface area contributed by atoms with Gasteiger partial charge in [0.05, 0.1) is 6.04 Å². The van der Waals surface area contributed by atoms with Gasteiger partial charge in [-0.2, -0.15) is 0 Å². The minimum absolute atomic E-state index is 0.0130. The summed E-state index contributed by atoms with van der Waals surface area (Å²) in [6, 6.07) is 16.0. The molecule has 7 heteroatoms. The van der Waals surface area contributed by atoms with Crippen LogP contribution in [0, 0.1) is 0 Å². The van der Waals surface area contributed by atoms with Gasteiger partial charge in [-0.05, 0) is 37.6 Å². The van der Waals surface area contributed by atoms with E-state index in [0.717, 1.165) is 53.5 Å². The number of aromatic nitrogens is 3. The first-order valence-electron chi connectivity index (χ1n) is 9.49. The molecule has 3 heterocycles. The maximum Gasteiger partial charge on any atom is 0.191 e. The fourth-order valence-corrected chi connectivity index (χ4v) is 3.20. The third-order valence-corrected chi connectivity index (χ3v) is 4.70. The van der Waals surface area contributed by atoms with Gasteiger partial charge in [0.1, 0.15) is 17.2 Å². The molecule has 7 nitrogen and oxygen atoms in total. The van der Waals surface area contributed by atoms with Crippen LogP contribution in [0.3, 0.4) is 0 Å². The molecule has 28 heavy (non-hydrogen) atoms. The Morgan fingerprint density at radius 3 is 2.89 bits per heavy atom. The Hall–Kier alpha value is -3.35. The minimum atomic E-state index is 0.0130. The van der Waals surface area contributed by atoms with Gasteiger partial charge in [0.15, 0.2) is 11.6 Å². The lowest BCUT2D eigenvalue weighted by Crippen LogP contribution is -2.39. The van der Waals surface area contributed by atoms with Gasteiger partial charge in [0.25, 0.3) is 0 Å². The number of benzene rings is 1. The number of furan rings is 1. The highest BCUT2D eigenvalue weighted by atomic mass is 16.3. The molecule has 0 spiro atoms. The van der Waals surface area contributed by atoms with Gasteiger partial charge in [-0.1, -0.05) is 24.3 Å². The fraction of sp³-hybridized carbons (Fsp3) is 0.286. The van der Waals surface area contributed by atoms with Crippen LogP contribution in [-0.2, 0) is 6.42 Å². The fourth-order valence-electron chi connectivity index (χ4n) is 3.20. The summed E-state index contributed by atoms with van der Waals surface area (Å²) in [5.74, 6) is 2.61. The number of aliphatic imine (C=N–C) groups is 1. The molecule has 2 N–H and O–H groups in total. The summed E-state index contributed by atoms with van der Waals surface area (Å²) >= 11 is 0. The highest BCUT2D eigenvalue weighted by Gasteiger charge is 2.13. The number of para-hydroxylation sites is 1. The predicted octanol–water partition coefficient (Wildman–Crippen LogP) is 3.33. The van der Waals surface area contributed by atoms with E-state index in [-0.39, 0.29) is 6.04 Å². The molecule has 0 saturated carbocycles. The summed E-state index contributed by atoms with van der Waals surface area (Å²) in [6.45, 7) is 2.85. The first kappa shape index (κ1) is 18.0. The second kappa shape index (κ2) is 8.12. The second-order valence-electron chi connectivity index (χ2n) is 6.70. The van der Waals surface area contributed by atoms with Gasteiger partial charge in [-0.3, -0.25) is 9.39 Å². The van der Waals surface area contributed by atoms with Crippen molar-refractivity contribution in [2.75, 3.05) is 13.6 Å². The Labute approximate surface area is 163 Å². The lowest BCUT2D eigenvalue weighted by atomic mass is 10.2. The predicted molar refractivity (Wildman–Crippen MR) is 110 cm³/mol. The molecule has 0 saturated heterocycles. The second-order valence-corrected chi connectivity index (χ2v) is 6.70. The molecule has 0 amide bonds. The highest BCUT2D eigenvalue weighted by molar-refractivity contribution is 5.81. The van der Waals surface area contributed by atoms with Crippen molar-refractivity contribution >= 4 is 22.6 Å². The standard InChI is InChI=1S/C21H24N6O/c1-15(18-14-16-8-3-4-9-17(16)28-18)24-21(22-2)23-12-7-11-20-26-25-19-10-5-6-13-27(19)20/h3-6,8-10,13-15H,7,11-12H2,1-2H3,(H2,22,23,24). The van der Waals surface area contributed by atoms with Crippen molar-refractivity contribution in [2.24, 2.45) is 4.99 Å². The monoisotopic (exact) mass is 376 g/mol. The van der Waals surface area contributed by atoms with Gasteiger partial charge in [0, 0.05) is 31.6 Å². The van der Waals surface area contributed by atoms with E-state index in [0.29, 0.717) is 0 Å². The maximum absolute atomic E-state index is 5.93. The molecule has 0 bridgehead atoms. The van der Waals surface area contributed by atoms with Crippen LogP contribution >= 0.6 is 0 Å². The van der Waals surface area contributed by atoms with Gasteiger partial charge in [-0.25, -0.2) is 0 Å². The van der Waals surface area contributed by atoms with Crippen LogP contribution in [0.1, 0.15) is 31.0 Å². The number of fused-ring (bicyclic) bond motifs is 2. The lowest BCUT2D eigenvalue weighted by molar-refractivity contribution is 0.488. The molecule has 144 valence electrons. The van der Waals surface area contributed by atoms with Gasteiger partial charge >= 0.3 is 0 Å². The number of guanidine groups is 1. The lowest BCUT2D eigenvalue weighted by Gasteiger charge is -2.16. The van der Waals surface area contributed by atoms with Crippen molar-refractivity contribution in [1.29, 1.82) is 0 Å². The van der Waals surface area contributed by atoms with Crippen LogP contribution < -0.4 is 10.6 Å². The van der Waals surface area contributed by atoms with Crippen molar-refractivity contribution in [1.82, 2.24) is 25.2 Å². The van der Waals surface area contributed by atoms with Crippen LogP contribution in [0.5, 0.6) is 0 Å². The topological polar surface area (TPSA) is 79.8 Å². The van der Waals surface area contributed by atoms with Crippen molar-refractivity contribution in [3.8, 4) is 0 Å². The van der Waals surface area contributed by atoms with E-state index in [1.807, 2.05) is 47.0 Å². The van der Waals surface area contributed by atoms with E-state index in [2.05, 4.69) is 44.9 Å². The third-order valence-electron chi connectivity index (χ3n) is 4.70. The van der Waals surface area contributed by atoms with Crippen LogP contribution in [-0.4, -0.2) is 34.2 Å². The molecular weight excluding hydrogens is 352 g/mol. The number of rotatable bonds is 6. The van der Waals surface area contributed by atoms with Crippen molar-refractivity contribution < 1.29 is 4.42 Å². The number of pyridine rings is 1. The summed E-state index contributed by atoms with van der Waals surface area (Å²) in [7, 11) is 1.77. The third kappa shape index (κ3) is 3.83. The number of hydrogen-bond acceptors (Lipinski definition) is 4. The number of nitrogens with zero attached hydrogens (tertiary/aromatic N) is 4. The Morgan fingerprint density at radius 2 is 2.04 bits per heavy atom. The molecular formula is C21H24N6O. The zero-order chi connectivity index (χ0) is 19.3. The number of nitrogens with one attached hydrogen (secondary N) is 2. The normalized spacial score (nSPS) is 13.1. The van der Waals surface area contributed by atoms with E-state index in [9.17, 15) is 0 Å². The van der Waals surface area contributed by atoms with Gasteiger partial charge < -0.3 is 15.1 Å². The zero-order valence-corrected chi connectivity index (χ0v) is 16.1. The Kier molecular flexibility index (Phi) is 5.23. The molecule has 0 aliphatic heterocycles. The summed E-state index contributed by atoms with van der Waals surface area (Å²) in [6.07, 6.45) is 3.76. The molecule has 1 unspecified atom stereocenters. The van der Waals surface area contributed by atoms with Crippen LogP contribution in [0.15, 0.2) is 64.1 Å². The van der Waals surface area contributed by atoms with Crippen LogP contribution in [0.2, 0.25) is 0 Å². The largest absolute Gasteiger partial charge is 0.459 e. The number of hydrogen-bond donors (Lipinski definition) is 2. The van der Waals surface area contributed by atoms with Crippen molar-refractivity contribution in [3.63, 3.8) is 0 Å².